The molecular weight excluding hydrogens is 320 g/mol. The van der Waals surface area contributed by atoms with Crippen molar-refractivity contribution >= 4 is 5.69 Å². The molecule has 1 aromatic heterocycles. The van der Waals surface area contributed by atoms with Gasteiger partial charge in [0.05, 0.1) is 6.61 Å². The van der Waals surface area contributed by atoms with Gasteiger partial charge in [-0.3, -0.25) is 0 Å². The lowest BCUT2D eigenvalue weighted by atomic mass is 10.1. The first-order valence-corrected chi connectivity index (χ1v) is 9.53. The summed E-state index contributed by atoms with van der Waals surface area (Å²) in [7, 11) is 0. The number of rotatable bonds is 5. The minimum atomic E-state index is -0.0151. The Labute approximate surface area is 155 Å². The number of aryl methyl sites for hydroxylation is 2. The van der Waals surface area contributed by atoms with Crippen LogP contribution in [-0.2, 0) is 17.6 Å². The first kappa shape index (κ1) is 16.9. The second-order valence-electron chi connectivity index (χ2n) is 6.81. The Bertz CT molecular complexity index is 849. The summed E-state index contributed by atoms with van der Waals surface area (Å²) in [4.78, 5) is 2.35. The highest BCUT2D eigenvalue weighted by Crippen LogP contribution is 2.33. The summed E-state index contributed by atoms with van der Waals surface area (Å²) in [6.07, 6.45) is 6.43. The van der Waals surface area contributed by atoms with E-state index in [1.54, 1.807) is 0 Å². The van der Waals surface area contributed by atoms with Gasteiger partial charge in [-0.15, -0.1) is 0 Å². The number of ether oxygens (including phenoxy) is 1. The monoisotopic (exact) mass is 346 g/mol. The molecule has 26 heavy (non-hydrogen) atoms. The lowest BCUT2D eigenvalue weighted by Crippen LogP contribution is -2.22. The van der Waals surface area contributed by atoms with E-state index in [4.69, 9.17) is 4.74 Å². The van der Waals surface area contributed by atoms with Gasteiger partial charge in [-0.2, -0.15) is 0 Å². The normalized spacial score (nSPS) is 17.0. The van der Waals surface area contributed by atoms with E-state index in [1.807, 2.05) is 0 Å². The molecule has 3 heteroatoms. The van der Waals surface area contributed by atoms with Crippen molar-refractivity contribution in [3.05, 3.63) is 83.7 Å². The van der Waals surface area contributed by atoms with Crippen molar-refractivity contribution < 1.29 is 4.74 Å². The predicted molar refractivity (Wildman–Crippen MR) is 107 cm³/mol. The maximum atomic E-state index is 6.06. The zero-order chi connectivity index (χ0) is 17.9. The molecule has 0 aliphatic carbocycles. The molecule has 0 radical (unpaired) electrons. The van der Waals surface area contributed by atoms with Gasteiger partial charge in [0, 0.05) is 35.9 Å². The van der Waals surface area contributed by atoms with Crippen LogP contribution in [0.1, 0.15) is 36.8 Å². The molecule has 0 bridgehead atoms. The number of nitrogens with zero attached hydrogens (tertiary/aromatic N) is 2. The summed E-state index contributed by atoms with van der Waals surface area (Å²) in [5.41, 5.74) is 6.34. The molecule has 0 amide bonds. The van der Waals surface area contributed by atoms with Crippen molar-refractivity contribution in [1.29, 1.82) is 0 Å². The van der Waals surface area contributed by atoms with Crippen LogP contribution in [0.3, 0.4) is 0 Å². The van der Waals surface area contributed by atoms with Crippen molar-refractivity contribution in [2.75, 3.05) is 18.1 Å². The maximum absolute atomic E-state index is 6.06. The zero-order valence-electron chi connectivity index (χ0n) is 15.6. The molecule has 134 valence electrons. The maximum Gasteiger partial charge on any atom is 0.158 e. The largest absolute Gasteiger partial charge is 0.352 e. The first-order chi connectivity index (χ1) is 12.8. The van der Waals surface area contributed by atoms with Gasteiger partial charge in [-0.05, 0) is 54.3 Å². The van der Waals surface area contributed by atoms with Gasteiger partial charge in [0.1, 0.15) is 0 Å². The molecule has 1 atom stereocenters. The van der Waals surface area contributed by atoms with Crippen LogP contribution in [0.5, 0.6) is 0 Å². The van der Waals surface area contributed by atoms with Crippen LogP contribution in [-0.4, -0.2) is 17.7 Å². The molecule has 1 saturated heterocycles. The lowest BCUT2D eigenvalue weighted by Gasteiger charge is -2.24. The molecule has 0 N–H and O–H groups in total. The topological polar surface area (TPSA) is 17.4 Å². The quantitative estimate of drug-likeness (QED) is 0.636. The minimum absolute atomic E-state index is 0.0151. The zero-order valence-corrected chi connectivity index (χ0v) is 15.6. The first-order valence-electron chi connectivity index (χ1n) is 9.53. The molecule has 1 aliphatic heterocycles. The van der Waals surface area contributed by atoms with Gasteiger partial charge in [-0.1, -0.05) is 38.1 Å². The predicted octanol–water partition coefficient (Wildman–Crippen LogP) is 5.14. The number of aromatic nitrogens is 1. The second-order valence-corrected chi connectivity index (χ2v) is 6.81. The SMILES string of the molecule is CCc1ccc(N2CCO[C@H]2c2ccn(-c3ccc(CC)cc3)c2)cc1. The molecule has 3 nitrogen and oxygen atoms in total. The van der Waals surface area contributed by atoms with Crippen LogP contribution in [0.4, 0.5) is 5.69 Å². The molecule has 0 spiro atoms. The lowest BCUT2D eigenvalue weighted by molar-refractivity contribution is 0.114. The van der Waals surface area contributed by atoms with E-state index < -0.39 is 0 Å². The van der Waals surface area contributed by atoms with Crippen LogP contribution < -0.4 is 4.90 Å². The number of hydrogen-bond acceptors (Lipinski definition) is 2. The molecule has 4 rings (SSSR count). The summed E-state index contributed by atoms with van der Waals surface area (Å²) in [6, 6.07) is 19.8. The van der Waals surface area contributed by atoms with Gasteiger partial charge in [0.25, 0.3) is 0 Å². The van der Waals surface area contributed by atoms with Crippen LogP contribution in [0.15, 0.2) is 67.0 Å². The third-order valence-electron chi connectivity index (χ3n) is 5.21. The Morgan fingerprint density at radius 3 is 2.08 bits per heavy atom. The Kier molecular flexibility index (Phi) is 4.81. The highest BCUT2D eigenvalue weighted by atomic mass is 16.5. The van der Waals surface area contributed by atoms with Gasteiger partial charge >= 0.3 is 0 Å². The Hall–Kier alpha value is -2.52. The second kappa shape index (κ2) is 7.38. The van der Waals surface area contributed by atoms with E-state index in [0.29, 0.717) is 0 Å². The molecule has 2 heterocycles. The summed E-state index contributed by atoms with van der Waals surface area (Å²) in [5, 5.41) is 0. The Balaban J connectivity index is 1.57. The number of hydrogen-bond donors (Lipinski definition) is 0. The summed E-state index contributed by atoms with van der Waals surface area (Å²) < 4.78 is 8.24. The summed E-state index contributed by atoms with van der Waals surface area (Å²) >= 11 is 0. The van der Waals surface area contributed by atoms with Gasteiger partial charge in [-0.25, -0.2) is 0 Å². The van der Waals surface area contributed by atoms with Crippen LogP contribution in [0.2, 0.25) is 0 Å². The molecular formula is C23H26N2O. The fraction of sp³-hybridized carbons (Fsp3) is 0.304. The third-order valence-corrected chi connectivity index (χ3v) is 5.21. The van der Waals surface area contributed by atoms with Gasteiger partial charge < -0.3 is 14.2 Å². The average molecular weight is 346 g/mol. The molecule has 2 aromatic carbocycles. The van der Waals surface area contributed by atoms with Crippen molar-refractivity contribution in [3.8, 4) is 5.69 Å². The molecule has 0 unspecified atom stereocenters. The van der Waals surface area contributed by atoms with Crippen molar-refractivity contribution in [2.45, 2.75) is 32.9 Å². The smallest absolute Gasteiger partial charge is 0.158 e. The van der Waals surface area contributed by atoms with Crippen molar-refractivity contribution in [1.82, 2.24) is 4.57 Å². The van der Waals surface area contributed by atoms with Crippen LogP contribution in [0, 0.1) is 0 Å². The highest BCUT2D eigenvalue weighted by Gasteiger charge is 2.27. The van der Waals surface area contributed by atoms with Crippen LogP contribution >= 0.6 is 0 Å². The van der Waals surface area contributed by atoms with E-state index in [1.165, 1.54) is 28.1 Å². The minimum Gasteiger partial charge on any atom is -0.352 e. The fourth-order valence-electron chi connectivity index (χ4n) is 3.56. The molecule has 1 fully saturated rings. The Morgan fingerprint density at radius 2 is 1.46 bits per heavy atom. The van der Waals surface area contributed by atoms with E-state index in [-0.39, 0.29) is 6.23 Å². The number of anilines is 1. The van der Waals surface area contributed by atoms with Gasteiger partial charge in [0.2, 0.25) is 0 Å². The highest BCUT2D eigenvalue weighted by molar-refractivity contribution is 5.50. The number of benzene rings is 2. The summed E-state index contributed by atoms with van der Waals surface area (Å²) in [5.74, 6) is 0. The summed E-state index contributed by atoms with van der Waals surface area (Å²) in [6.45, 7) is 6.05. The van der Waals surface area contributed by atoms with E-state index in [9.17, 15) is 0 Å². The molecule has 0 saturated carbocycles. The van der Waals surface area contributed by atoms with E-state index >= 15 is 0 Å². The molecule has 1 aliphatic rings. The Morgan fingerprint density at radius 1 is 0.846 bits per heavy atom. The average Bonchev–Trinajstić information content (AvgIpc) is 3.37. The van der Waals surface area contributed by atoms with Crippen molar-refractivity contribution in [3.63, 3.8) is 0 Å². The third kappa shape index (κ3) is 3.27. The van der Waals surface area contributed by atoms with Crippen LogP contribution in [0.25, 0.3) is 5.69 Å². The molecule has 3 aromatic rings. The fourth-order valence-corrected chi connectivity index (χ4v) is 3.56. The van der Waals surface area contributed by atoms with Gasteiger partial charge in [0.15, 0.2) is 6.23 Å². The standard InChI is InChI=1S/C23H26N2O/c1-3-18-5-9-21(10-6-18)24-14-13-20(17-24)23-25(15-16-26-23)22-11-7-19(4-2)8-12-22/h5-14,17,23H,3-4,15-16H2,1-2H3/t23-/m0/s1. The van der Waals surface area contributed by atoms with E-state index in [0.717, 1.165) is 26.0 Å². The van der Waals surface area contributed by atoms with Crippen molar-refractivity contribution in [2.24, 2.45) is 0 Å². The van der Waals surface area contributed by atoms with E-state index in [2.05, 4.69) is 90.3 Å².